The number of rotatable bonds is 4. The number of anilines is 1. The molecule has 0 atom stereocenters. The van der Waals surface area contributed by atoms with E-state index in [4.69, 9.17) is 33.3 Å². The number of benzene rings is 2. The monoisotopic (exact) mass is 402 g/mol. The lowest BCUT2D eigenvalue weighted by Gasteiger charge is -2.29. The van der Waals surface area contributed by atoms with Gasteiger partial charge in [0.15, 0.2) is 5.11 Å². The van der Waals surface area contributed by atoms with Crippen LogP contribution in [0, 0.1) is 0 Å². The molecule has 8 heteroatoms. The second kappa shape index (κ2) is 7.77. The zero-order valence-corrected chi connectivity index (χ0v) is 16.1. The van der Waals surface area contributed by atoms with Gasteiger partial charge in [0, 0.05) is 16.7 Å². The predicted molar refractivity (Wildman–Crippen MR) is 107 cm³/mol. The quantitative estimate of drug-likeness (QED) is 0.483. The molecule has 0 saturated carbocycles. The van der Waals surface area contributed by atoms with Gasteiger partial charge in [0.25, 0.3) is 11.8 Å². The van der Waals surface area contributed by atoms with Gasteiger partial charge in [-0.2, -0.15) is 0 Å². The maximum absolute atomic E-state index is 13.0. The molecule has 2 aromatic carbocycles. The van der Waals surface area contributed by atoms with Crippen LogP contribution in [0.3, 0.4) is 0 Å². The van der Waals surface area contributed by atoms with E-state index in [1.165, 1.54) is 25.2 Å². The maximum atomic E-state index is 13.0. The molecule has 0 aliphatic carbocycles. The summed E-state index contributed by atoms with van der Waals surface area (Å²) in [7, 11) is 3.03. The summed E-state index contributed by atoms with van der Waals surface area (Å²) in [6.07, 6.45) is 1.46. The molecule has 6 nitrogen and oxygen atoms in total. The fourth-order valence-corrected chi connectivity index (χ4v) is 2.98. The number of hydrogen-bond acceptors (Lipinski definition) is 5. The van der Waals surface area contributed by atoms with Gasteiger partial charge in [-0.3, -0.25) is 19.8 Å². The Balaban J connectivity index is 2.03. The SMILES string of the molecule is COc1ccc(C=C2C(=O)NC(=S)N(c3ccc(Cl)cc3)C2=O)c(OC)c1. The van der Waals surface area contributed by atoms with Crippen molar-refractivity contribution in [2.75, 3.05) is 19.1 Å². The Kier molecular flexibility index (Phi) is 5.43. The van der Waals surface area contributed by atoms with Gasteiger partial charge in [-0.15, -0.1) is 0 Å². The Bertz CT molecular complexity index is 957. The molecule has 2 amide bonds. The molecule has 0 spiro atoms. The maximum Gasteiger partial charge on any atom is 0.270 e. The topological polar surface area (TPSA) is 67.9 Å². The minimum absolute atomic E-state index is 0.00571. The fraction of sp³-hybridized carbons (Fsp3) is 0.105. The molecule has 1 saturated heterocycles. The molecule has 1 fully saturated rings. The lowest BCUT2D eigenvalue weighted by molar-refractivity contribution is -0.122. The van der Waals surface area contributed by atoms with E-state index in [0.29, 0.717) is 27.8 Å². The Morgan fingerprint density at radius 3 is 2.41 bits per heavy atom. The molecular formula is C19H15ClN2O4S. The summed E-state index contributed by atoms with van der Waals surface area (Å²) in [5, 5.41) is 3.06. The van der Waals surface area contributed by atoms with E-state index >= 15 is 0 Å². The molecular weight excluding hydrogens is 388 g/mol. The molecule has 0 bridgehead atoms. The predicted octanol–water partition coefficient (Wildman–Crippen LogP) is 3.19. The zero-order chi connectivity index (χ0) is 19.6. The number of carbonyl (C=O) groups excluding carboxylic acids is 2. The number of nitrogens with zero attached hydrogens (tertiary/aromatic N) is 1. The zero-order valence-electron chi connectivity index (χ0n) is 14.5. The number of amides is 2. The van der Waals surface area contributed by atoms with Crippen molar-refractivity contribution in [3.63, 3.8) is 0 Å². The molecule has 3 rings (SSSR count). The Hall–Kier alpha value is -2.90. The van der Waals surface area contributed by atoms with E-state index in [1.807, 2.05) is 0 Å². The summed E-state index contributed by atoms with van der Waals surface area (Å²) in [4.78, 5) is 26.6. The van der Waals surface area contributed by atoms with E-state index in [9.17, 15) is 9.59 Å². The van der Waals surface area contributed by atoms with Crippen molar-refractivity contribution in [3.05, 3.63) is 58.6 Å². The van der Waals surface area contributed by atoms with Crippen LogP contribution in [0.1, 0.15) is 5.56 Å². The normalized spacial score (nSPS) is 15.7. The minimum atomic E-state index is -0.576. The highest BCUT2D eigenvalue weighted by Crippen LogP contribution is 2.29. The first kappa shape index (κ1) is 18.9. The van der Waals surface area contributed by atoms with Gasteiger partial charge >= 0.3 is 0 Å². The van der Waals surface area contributed by atoms with Crippen LogP contribution in [-0.4, -0.2) is 31.1 Å². The molecule has 27 heavy (non-hydrogen) atoms. The van der Waals surface area contributed by atoms with Crippen LogP contribution in [0.4, 0.5) is 5.69 Å². The van der Waals surface area contributed by atoms with E-state index in [-0.39, 0.29) is 10.7 Å². The molecule has 1 heterocycles. The van der Waals surface area contributed by atoms with Gasteiger partial charge in [-0.1, -0.05) is 11.6 Å². The molecule has 138 valence electrons. The summed E-state index contributed by atoms with van der Waals surface area (Å²) in [6.45, 7) is 0. The van der Waals surface area contributed by atoms with Crippen molar-refractivity contribution in [1.29, 1.82) is 0 Å². The molecule has 0 unspecified atom stereocenters. The number of methoxy groups -OCH3 is 2. The smallest absolute Gasteiger partial charge is 0.270 e. The lowest BCUT2D eigenvalue weighted by Crippen LogP contribution is -2.54. The second-order valence-corrected chi connectivity index (χ2v) is 6.37. The summed E-state index contributed by atoms with van der Waals surface area (Å²) < 4.78 is 10.5. The Labute approximate surface area is 166 Å². The average Bonchev–Trinajstić information content (AvgIpc) is 2.66. The third-order valence-corrected chi connectivity index (χ3v) is 4.46. The summed E-state index contributed by atoms with van der Waals surface area (Å²) in [6, 6.07) is 11.6. The fourth-order valence-electron chi connectivity index (χ4n) is 2.58. The number of ether oxygens (including phenoxy) is 2. The van der Waals surface area contributed by atoms with Crippen molar-refractivity contribution in [1.82, 2.24) is 5.32 Å². The van der Waals surface area contributed by atoms with Gasteiger partial charge in [-0.05, 0) is 54.7 Å². The third kappa shape index (κ3) is 3.79. The van der Waals surface area contributed by atoms with E-state index in [0.717, 1.165) is 0 Å². The molecule has 0 aromatic heterocycles. The number of carbonyl (C=O) groups is 2. The van der Waals surface area contributed by atoms with Crippen LogP contribution < -0.4 is 19.7 Å². The van der Waals surface area contributed by atoms with E-state index in [1.54, 1.807) is 42.5 Å². The Morgan fingerprint density at radius 2 is 1.78 bits per heavy atom. The molecule has 1 aliphatic rings. The first-order valence-electron chi connectivity index (χ1n) is 7.83. The Morgan fingerprint density at radius 1 is 1.07 bits per heavy atom. The van der Waals surface area contributed by atoms with Gasteiger partial charge in [0.2, 0.25) is 0 Å². The molecule has 1 aliphatic heterocycles. The van der Waals surface area contributed by atoms with Crippen molar-refractivity contribution in [2.24, 2.45) is 0 Å². The molecule has 2 aromatic rings. The largest absolute Gasteiger partial charge is 0.497 e. The number of thiocarbonyl (C=S) groups is 1. The van der Waals surface area contributed by atoms with Gasteiger partial charge in [0.05, 0.1) is 19.9 Å². The van der Waals surface area contributed by atoms with Crippen molar-refractivity contribution < 1.29 is 19.1 Å². The molecule has 0 radical (unpaired) electrons. The third-order valence-electron chi connectivity index (χ3n) is 3.93. The van der Waals surface area contributed by atoms with Gasteiger partial charge in [-0.25, -0.2) is 0 Å². The van der Waals surface area contributed by atoms with Crippen LogP contribution in [-0.2, 0) is 9.59 Å². The van der Waals surface area contributed by atoms with Crippen molar-refractivity contribution in [2.45, 2.75) is 0 Å². The van der Waals surface area contributed by atoms with Crippen LogP contribution in [0.5, 0.6) is 11.5 Å². The second-order valence-electron chi connectivity index (χ2n) is 5.54. The van der Waals surface area contributed by atoms with Crippen molar-refractivity contribution in [3.8, 4) is 11.5 Å². The summed E-state index contributed by atoms with van der Waals surface area (Å²) in [5.41, 5.74) is 0.990. The summed E-state index contributed by atoms with van der Waals surface area (Å²) in [5.74, 6) is -0.0527. The average molecular weight is 403 g/mol. The van der Waals surface area contributed by atoms with E-state index < -0.39 is 11.8 Å². The van der Waals surface area contributed by atoms with Crippen molar-refractivity contribution >= 4 is 52.5 Å². The highest BCUT2D eigenvalue weighted by atomic mass is 35.5. The lowest BCUT2D eigenvalue weighted by atomic mass is 10.1. The van der Waals surface area contributed by atoms with Crippen LogP contribution >= 0.6 is 23.8 Å². The van der Waals surface area contributed by atoms with Crippen LogP contribution in [0.2, 0.25) is 5.02 Å². The number of nitrogens with one attached hydrogen (secondary N) is 1. The minimum Gasteiger partial charge on any atom is -0.497 e. The highest BCUT2D eigenvalue weighted by molar-refractivity contribution is 7.80. The number of hydrogen-bond donors (Lipinski definition) is 1. The number of halogens is 1. The standard InChI is InChI=1S/C19H15ClN2O4S/c1-25-14-8-3-11(16(10-14)26-2)9-15-17(23)21-19(27)22(18(15)24)13-6-4-12(20)5-7-13/h3-10H,1-2H3,(H,21,23,27). The highest BCUT2D eigenvalue weighted by Gasteiger charge is 2.34. The van der Waals surface area contributed by atoms with Crippen LogP contribution in [0.15, 0.2) is 48.0 Å². The van der Waals surface area contributed by atoms with Crippen LogP contribution in [0.25, 0.3) is 6.08 Å². The van der Waals surface area contributed by atoms with Gasteiger partial charge < -0.3 is 9.47 Å². The van der Waals surface area contributed by atoms with Gasteiger partial charge in [0.1, 0.15) is 17.1 Å². The first-order chi connectivity index (χ1) is 12.9. The van der Waals surface area contributed by atoms with E-state index in [2.05, 4.69) is 5.32 Å². The first-order valence-corrected chi connectivity index (χ1v) is 8.62. The molecule has 1 N–H and O–H groups in total. The summed E-state index contributed by atoms with van der Waals surface area (Å²) >= 11 is 11.1.